The predicted octanol–water partition coefficient (Wildman–Crippen LogP) is 2.82. The molecular weight excluding hydrogens is 538 g/mol. The van der Waals surface area contributed by atoms with Crippen LogP contribution < -0.4 is 16.0 Å². The van der Waals surface area contributed by atoms with Crippen molar-refractivity contribution < 1.29 is 36.8 Å². The molecule has 0 saturated carbocycles. The Morgan fingerprint density at radius 3 is 1.98 bits per heavy atom. The third-order valence-corrected chi connectivity index (χ3v) is 6.99. The van der Waals surface area contributed by atoms with Crippen molar-refractivity contribution in [3.05, 3.63) is 95.6 Å². The summed E-state index contributed by atoms with van der Waals surface area (Å²) in [5, 5.41) is 7.07. The minimum absolute atomic E-state index is 0.0249. The second-order valence-electron chi connectivity index (χ2n) is 9.05. The van der Waals surface area contributed by atoms with E-state index in [1.54, 1.807) is 12.1 Å². The first-order valence-corrected chi connectivity index (χ1v) is 14.1. The smallest absolute Gasteiger partial charge is 0.407 e. The molecule has 3 amide bonds. The molecule has 4 N–H and O–H groups in total. The van der Waals surface area contributed by atoms with Crippen molar-refractivity contribution in [3.63, 3.8) is 0 Å². The lowest BCUT2D eigenvalue weighted by Gasteiger charge is -2.19. The number of nitrogens with one attached hydrogen (secondary N) is 3. The van der Waals surface area contributed by atoms with Crippen molar-refractivity contribution in [2.24, 2.45) is 0 Å². The first kappa shape index (κ1) is 28.6. The van der Waals surface area contributed by atoms with Crippen molar-refractivity contribution in [2.45, 2.75) is 18.6 Å². The number of fused-ring (bicyclic) bond motifs is 3. The van der Waals surface area contributed by atoms with Crippen LogP contribution in [-0.4, -0.2) is 62.6 Å². The number of amides is 3. The van der Waals surface area contributed by atoms with E-state index in [0.29, 0.717) is 0 Å². The van der Waals surface area contributed by atoms with Crippen LogP contribution >= 0.6 is 0 Å². The van der Waals surface area contributed by atoms with Gasteiger partial charge in [-0.3, -0.25) is 9.35 Å². The van der Waals surface area contributed by atoms with Gasteiger partial charge in [0.15, 0.2) is 0 Å². The van der Waals surface area contributed by atoms with Crippen molar-refractivity contribution >= 4 is 28.2 Å². The Balaban J connectivity index is 1.27. The fourth-order valence-corrected chi connectivity index (χ4v) is 5.08. The van der Waals surface area contributed by atoms with Crippen LogP contribution in [-0.2, 0) is 31.0 Å². The Hall–Kier alpha value is -4.42. The van der Waals surface area contributed by atoms with Gasteiger partial charge in [-0.2, -0.15) is 8.42 Å². The van der Waals surface area contributed by atoms with Crippen LogP contribution in [0.3, 0.4) is 0 Å². The summed E-state index contributed by atoms with van der Waals surface area (Å²) in [6.07, 6.45) is -1.72. The number of benzene rings is 3. The molecule has 40 heavy (non-hydrogen) atoms. The molecule has 0 aromatic heterocycles. The average molecular weight is 568 g/mol. The third kappa shape index (κ3) is 7.80. The first-order valence-electron chi connectivity index (χ1n) is 12.5. The zero-order chi connectivity index (χ0) is 28.5. The Kier molecular flexibility index (Phi) is 9.35. The van der Waals surface area contributed by atoms with Gasteiger partial charge in [-0.25, -0.2) is 9.59 Å². The SMILES string of the molecule is O=C(NCCNC(=O)[C@H](CS(=O)(=O)O)NC(=O)OCC1c2ccccc2-c2ccccc21)OCc1ccccc1. The second kappa shape index (κ2) is 13.1. The summed E-state index contributed by atoms with van der Waals surface area (Å²) in [5.74, 6) is -2.18. The van der Waals surface area contributed by atoms with Gasteiger partial charge in [0.05, 0.1) is 0 Å². The molecule has 1 atom stereocenters. The molecule has 1 aliphatic carbocycles. The fourth-order valence-electron chi connectivity index (χ4n) is 4.42. The van der Waals surface area contributed by atoms with Crippen molar-refractivity contribution in [3.8, 4) is 11.1 Å². The largest absolute Gasteiger partial charge is 0.449 e. The molecule has 0 spiro atoms. The molecule has 4 rings (SSSR count). The van der Waals surface area contributed by atoms with Gasteiger partial charge in [-0.1, -0.05) is 78.9 Å². The lowest BCUT2D eigenvalue weighted by Crippen LogP contribution is -2.51. The summed E-state index contributed by atoms with van der Waals surface area (Å²) in [6, 6.07) is 22.9. The molecule has 210 valence electrons. The summed E-state index contributed by atoms with van der Waals surface area (Å²) in [6.45, 7) is -0.0921. The van der Waals surface area contributed by atoms with Gasteiger partial charge in [0.25, 0.3) is 10.1 Å². The molecule has 0 aliphatic heterocycles. The summed E-state index contributed by atoms with van der Waals surface area (Å²) in [7, 11) is -4.62. The summed E-state index contributed by atoms with van der Waals surface area (Å²) in [4.78, 5) is 37.0. The number of ether oxygens (including phenoxy) is 2. The number of hydrogen-bond donors (Lipinski definition) is 4. The third-order valence-electron chi connectivity index (χ3n) is 6.24. The number of carbonyl (C=O) groups excluding carboxylic acids is 3. The van der Waals surface area contributed by atoms with E-state index in [1.807, 2.05) is 66.7 Å². The highest BCUT2D eigenvalue weighted by molar-refractivity contribution is 7.85. The van der Waals surface area contributed by atoms with Gasteiger partial charge < -0.3 is 25.4 Å². The van der Waals surface area contributed by atoms with Crippen LogP contribution in [0.4, 0.5) is 9.59 Å². The van der Waals surface area contributed by atoms with Gasteiger partial charge in [-0.05, 0) is 27.8 Å². The summed E-state index contributed by atoms with van der Waals surface area (Å²) < 4.78 is 42.7. The van der Waals surface area contributed by atoms with Gasteiger partial charge in [0.2, 0.25) is 5.91 Å². The highest BCUT2D eigenvalue weighted by Crippen LogP contribution is 2.44. The van der Waals surface area contributed by atoms with Crippen LogP contribution in [0.2, 0.25) is 0 Å². The number of alkyl carbamates (subject to hydrolysis) is 2. The molecular formula is C28H29N3O8S. The standard InChI is InChI=1S/C28H29N3O8S/c32-26(29-14-15-30-27(33)38-16-19-8-2-1-3-9-19)25(18-40(35,36)37)31-28(34)39-17-24-22-12-6-4-10-20(22)21-11-5-7-13-23(21)24/h1-13,24-25H,14-18H2,(H,29,32)(H,30,33)(H,31,34)(H,35,36,37)/t25-/m0/s1. The Morgan fingerprint density at radius 2 is 1.35 bits per heavy atom. The maximum Gasteiger partial charge on any atom is 0.407 e. The van der Waals surface area contributed by atoms with E-state index in [4.69, 9.17) is 9.47 Å². The molecule has 0 unspecified atom stereocenters. The van der Waals surface area contributed by atoms with Gasteiger partial charge in [-0.15, -0.1) is 0 Å². The Morgan fingerprint density at radius 1 is 0.775 bits per heavy atom. The molecule has 3 aromatic carbocycles. The van der Waals surface area contributed by atoms with Crippen molar-refractivity contribution in [1.29, 1.82) is 0 Å². The van der Waals surface area contributed by atoms with Crippen molar-refractivity contribution in [2.75, 3.05) is 25.4 Å². The molecule has 0 fully saturated rings. The first-order chi connectivity index (χ1) is 19.2. The molecule has 12 heteroatoms. The minimum atomic E-state index is -4.62. The van der Waals surface area contributed by atoms with E-state index in [0.717, 1.165) is 27.8 Å². The number of hydrogen-bond acceptors (Lipinski definition) is 7. The Bertz CT molecular complexity index is 1420. The minimum Gasteiger partial charge on any atom is -0.449 e. The van der Waals surface area contributed by atoms with E-state index in [9.17, 15) is 27.4 Å². The summed E-state index contributed by atoms with van der Waals surface area (Å²) in [5.41, 5.74) is 4.84. The maximum absolute atomic E-state index is 12.6. The Labute approximate surface area is 231 Å². The molecule has 3 aromatic rings. The maximum atomic E-state index is 12.6. The van der Waals surface area contributed by atoms with Gasteiger partial charge in [0.1, 0.15) is 25.0 Å². The van der Waals surface area contributed by atoms with E-state index < -0.39 is 40.0 Å². The van der Waals surface area contributed by atoms with Crippen LogP contribution in [0.5, 0.6) is 0 Å². The van der Waals surface area contributed by atoms with E-state index in [2.05, 4.69) is 16.0 Å². The zero-order valence-corrected chi connectivity index (χ0v) is 22.2. The number of carbonyl (C=O) groups is 3. The predicted molar refractivity (Wildman–Crippen MR) is 146 cm³/mol. The quantitative estimate of drug-likeness (QED) is 0.203. The normalized spacial score (nSPS) is 12.9. The van der Waals surface area contributed by atoms with E-state index in [1.165, 1.54) is 0 Å². The fraction of sp³-hybridized carbons (Fsp3) is 0.250. The molecule has 0 radical (unpaired) electrons. The van der Waals surface area contributed by atoms with Gasteiger partial charge >= 0.3 is 12.2 Å². The van der Waals surface area contributed by atoms with Crippen LogP contribution in [0.25, 0.3) is 11.1 Å². The lowest BCUT2D eigenvalue weighted by atomic mass is 9.98. The average Bonchev–Trinajstić information content (AvgIpc) is 3.26. The van der Waals surface area contributed by atoms with Crippen LogP contribution in [0.15, 0.2) is 78.9 Å². The monoisotopic (exact) mass is 567 g/mol. The molecule has 0 bridgehead atoms. The van der Waals surface area contributed by atoms with Crippen LogP contribution in [0, 0.1) is 0 Å². The second-order valence-corrected chi connectivity index (χ2v) is 10.5. The topological polar surface area (TPSA) is 160 Å². The van der Waals surface area contributed by atoms with Crippen LogP contribution in [0.1, 0.15) is 22.6 Å². The highest BCUT2D eigenvalue weighted by atomic mass is 32.2. The molecule has 1 aliphatic rings. The zero-order valence-electron chi connectivity index (χ0n) is 21.4. The number of rotatable bonds is 11. The van der Waals surface area contributed by atoms with Gasteiger partial charge in [0, 0.05) is 19.0 Å². The molecule has 0 heterocycles. The van der Waals surface area contributed by atoms with Crippen molar-refractivity contribution in [1.82, 2.24) is 16.0 Å². The molecule has 0 saturated heterocycles. The van der Waals surface area contributed by atoms with E-state index >= 15 is 0 Å². The lowest BCUT2D eigenvalue weighted by molar-refractivity contribution is -0.122. The highest BCUT2D eigenvalue weighted by Gasteiger charge is 2.31. The molecule has 11 nitrogen and oxygen atoms in total. The summed E-state index contributed by atoms with van der Waals surface area (Å²) >= 11 is 0. The van der Waals surface area contributed by atoms with E-state index in [-0.39, 0.29) is 32.2 Å².